The van der Waals surface area contributed by atoms with E-state index in [-0.39, 0.29) is 0 Å². The van der Waals surface area contributed by atoms with Crippen molar-refractivity contribution in [1.82, 2.24) is 5.32 Å². The summed E-state index contributed by atoms with van der Waals surface area (Å²) in [5, 5.41) is 6.07. The number of nitrogens with one attached hydrogen (secondary N) is 1. The van der Waals surface area contributed by atoms with Crippen molar-refractivity contribution in [3.63, 3.8) is 0 Å². The van der Waals surface area contributed by atoms with E-state index in [0.717, 1.165) is 24.0 Å². The lowest BCUT2D eigenvalue weighted by Crippen LogP contribution is -2.31. The molecule has 0 fully saturated rings. The van der Waals surface area contributed by atoms with Crippen molar-refractivity contribution in [2.24, 2.45) is 4.99 Å². The quantitative estimate of drug-likeness (QED) is 0.896. The molecular formula is C22H22N2. The van der Waals surface area contributed by atoms with Gasteiger partial charge in [-0.2, -0.15) is 0 Å². The van der Waals surface area contributed by atoms with Crippen LogP contribution < -0.4 is 15.9 Å². The Morgan fingerprint density at radius 2 is 1.83 bits per heavy atom. The van der Waals surface area contributed by atoms with Crippen molar-refractivity contribution < 1.29 is 0 Å². The summed E-state index contributed by atoms with van der Waals surface area (Å²) in [6.45, 7) is 5.24. The highest BCUT2D eigenvalue weighted by atomic mass is 14.9. The van der Waals surface area contributed by atoms with Gasteiger partial charge in [0.1, 0.15) is 0 Å². The predicted molar refractivity (Wildman–Crippen MR) is 98.8 cm³/mol. The topological polar surface area (TPSA) is 24.4 Å². The Labute approximate surface area is 143 Å². The first-order valence-electron chi connectivity index (χ1n) is 8.69. The van der Waals surface area contributed by atoms with E-state index in [4.69, 9.17) is 4.99 Å². The van der Waals surface area contributed by atoms with Gasteiger partial charge in [-0.3, -0.25) is 0 Å². The summed E-state index contributed by atoms with van der Waals surface area (Å²) in [7, 11) is 0. The van der Waals surface area contributed by atoms with E-state index in [1.54, 1.807) is 0 Å². The lowest BCUT2D eigenvalue weighted by molar-refractivity contribution is 0.572. The highest BCUT2D eigenvalue weighted by Crippen LogP contribution is 2.30. The molecule has 2 aliphatic rings. The molecule has 0 bridgehead atoms. The third-order valence-electron chi connectivity index (χ3n) is 4.92. The molecule has 0 radical (unpaired) electrons. The Morgan fingerprint density at radius 3 is 2.62 bits per heavy atom. The van der Waals surface area contributed by atoms with Gasteiger partial charge in [-0.1, -0.05) is 61.5 Å². The molecule has 2 heteroatoms. The summed E-state index contributed by atoms with van der Waals surface area (Å²) in [6, 6.07) is 17.4. The summed E-state index contributed by atoms with van der Waals surface area (Å²) >= 11 is 0. The van der Waals surface area contributed by atoms with Gasteiger partial charge in [-0.05, 0) is 36.1 Å². The molecule has 1 N–H and O–H groups in total. The highest BCUT2D eigenvalue weighted by Gasteiger charge is 2.20. The number of nitrogens with zero attached hydrogens (tertiary/aromatic N) is 1. The fourth-order valence-corrected chi connectivity index (χ4v) is 3.52. The Morgan fingerprint density at radius 1 is 1.00 bits per heavy atom. The lowest BCUT2D eigenvalue weighted by atomic mass is 10.0. The number of allylic oxidation sites excluding steroid dienone is 3. The summed E-state index contributed by atoms with van der Waals surface area (Å²) < 4.78 is 0. The first kappa shape index (κ1) is 15.1. The van der Waals surface area contributed by atoms with Gasteiger partial charge in [0, 0.05) is 23.4 Å². The Kier molecular flexibility index (Phi) is 3.91. The maximum absolute atomic E-state index is 4.89. The zero-order valence-electron chi connectivity index (χ0n) is 14.2. The van der Waals surface area contributed by atoms with E-state index in [1.165, 1.54) is 27.5 Å². The molecule has 4 rings (SSSR count). The van der Waals surface area contributed by atoms with Crippen LogP contribution in [0.15, 0.2) is 76.9 Å². The van der Waals surface area contributed by atoms with Crippen molar-refractivity contribution in [1.29, 1.82) is 0 Å². The van der Waals surface area contributed by atoms with Crippen molar-refractivity contribution in [3.05, 3.63) is 93.7 Å². The van der Waals surface area contributed by atoms with Gasteiger partial charge < -0.3 is 5.32 Å². The Balaban J connectivity index is 1.63. The van der Waals surface area contributed by atoms with Gasteiger partial charge in [0.15, 0.2) is 0 Å². The Hall–Kier alpha value is -2.45. The van der Waals surface area contributed by atoms with Gasteiger partial charge in [0.2, 0.25) is 0 Å². The molecule has 1 unspecified atom stereocenters. The van der Waals surface area contributed by atoms with E-state index < -0.39 is 0 Å². The lowest BCUT2D eigenvalue weighted by Gasteiger charge is -2.14. The molecule has 24 heavy (non-hydrogen) atoms. The summed E-state index contributed by atoms with van der Waals surface area (Å²) in [6.07, 6.45) is 5.41. The number of benzene rings is 2. The average Bonchev–Trinajstić information content (AvgIpc) is 3.19. The van der Waals surface area contributed by atoms with Crippen molar-refractivity contribution in [3.8, 4) is 0 Å². The fourth-order valence-electron chi connectivity index (χ4n) is 3.52. The molecule has 1 heterocycles. The van der Waals surface area contributed by atoms with Crippen LogP contribution in [-0.4, -0.2) is 0 Å². The molecule has 0 amide bonds. The third-order valence-corrected chi connectivity index (χ3v) is 4.92. The maximum atomic E-state index is 4.89. The van der Waals surface area contributed by atoms with Gasteiger partial charge in [-0.25, -0.2) is 4.99 Å². The fraction of sp³-hybridized carbons (Fsp3) is 0.227. The average molecular weight is 314 g/mol. The number of para-hydroxylation sites is 1. The molecule has 2 nitrogen and oxygen atoms in total. The summed E-state index contributed by atoms with van der Waals surface area (Å²) in [5.41, 5.74) is 6.45. The minimum atomic E-state index is 0.320. The monoisotopic (exact) mass is 314 g/mol. The normalized spacial score (nSPS) is 16.2. The molecule has 120 valence electrons. The minimum absolute atomic E-state index is 0.320. The van der Waals surface area contributed by atoms with Crippen molar-refractivity contribution in [2.75, 3.05) is 0 Å². The van der Waals surface area contributed by atoms with Crippen LogP contribution in [0.2, 0.25) is 0 Å². The number of fused-ring (bicyclic) bond motifs is 2. The first-order valence-corrected chi connectivity index (χ1v) is 8.69. The van der Waals surface area contributed by atoms with Crippen LogP contribution in [0.1, 0.15) is 37.4 Å². The van der Waals surface area contributed by atoms with Crippen LogP contribution in [-0.2, 0) is 6.54 Å². The number of hydrogen-bond donors (Lipinski definition) is 1. The molecule has 1 aliphatic heterocycles. The minimum Gasteiger partial charge on any atom is -0.306 e. The van der Waals surface area contributed by atoms with Crippen LogP contribution in [0.25, 0.3) is 5.57 Å². The highest BCUT2D eigenvalue weighted by molar-refractivity contribution is 5.83. The number of rotatable bonds is 5. The van der Waals surface area contributed by atoms with Crippen LogP contribution in [0.5, 0.6) is 0 Å². The van der Waals surface area contributed by atoms with Gasteiger partial charge in [0.05, 0.1) is 11.1 Å². The second kappa shape index (κ2) is 6.21. The van der Waals surface area contributed by atoms with E-state index in [2.05, 4.69) is 79.8 Å². The molecule has 0 saturated heterocycles. The number of hydrogen-bond acceptors (Lipinski definition) is 2. The van der Waals surface area contributed by atoms with Crippen LogP contribution in [0.3, 0.4) is 0 Å². The first-order chi connectivity index (χ1) is 11.8. The SMILES string of the molecule is CCC1=CC=C2N=c3c(CNC(C)c4ccccc4)cccc3=C12. The third kappa shape index (κ3) is 2.53. The Bertz CT molecular complexity index is 949. The molecule has 2 aromatic carbocycles. The molecule has 0 spiro atoms. The van der Waals surface area contributed by atoms with E-state index in [1.807, 2.05) is 0 Å². The maximum Gasteiger partial charge on any atom is 0.0761 e. The molecule has 0 aromatic heterocycles. The van der Waals surface area contributed by atoms with Gasteiger partial charge in [0.25, 0.3) is 0 Å². The summed E-state index contributed by atoms with van der Waals surface area (Å²) in [4.78, 5) is 4.89. The van der Waals surface area contributed by atoms with Crippen molar-refractivity contribution in [2.45, 2.75) is 32.9 Å². The smallest absolute Gasteiger partial charge is 0.0761 e. The molecular weight excluding hydrogens is 292 g/mol. The molecule has 1 aliphatic carbocycles. The van der Waals surface area contributed by atoms with E-state index >= 15 is 0 Å². The molecule has 0 saturated carbocycles. The zero-order valence-corrected chi connectivity index (χ0v) is 14.2. The van der Waals surface area contributed by atoms with Gasteiger partial charge in [-0.15, -0.1) is 0 Å². The van der Waals surface area contributed by atoms with E-state index in [0.29, 0.717) is 6.04 Å². The summed E-state index contributed by atoms with van der Waals surface area (Å²) in [5.74, 6) is 0. The predicted octanol–water partition coefficient (Wildman–Crippen LogP) is 3.56. The largest absolute Gasteiger partial charge is 0.306 e. The second-order valence-electron chi connectivity index (χ2n) is 6.41. The second-order valence-corrected chi connectivity index (χ2v) is 6.41. The van der Waals surface area contributed by atoms with Gasteiger partial charge >= 0.3 is 0 Å². The standard InChI is InChI=1S/C22H22N2/c1-3-16-12-13-20-21(16)19-11-7-10-18(22(19)24-20)14-23-15(2)17-8-5-4-6-9-17/h4-13,15,23H,3,14H2,1-2H3. The van der Waals surface area contributed by atoms with Crippen molar-refractivity contribution >= 4 is 5.57 Å². The van der Waals surface area contributed by atoms with Crippen LogP contribution in [0, 0.1) is 0 Å². The van der Waals surface area contributed by atoms with Crippen LogP contribution >= 0.6 is 0 Å². The van der Waals surface area contributed by atoms with E-state index in [9.17, 15) is 0 Å². The zero-order chi connectivity index (χ0) is 16.5. The van der Waals surface area contributed by atoms with Crippen LogP contribution in [0.4, 0.5) is 0 Å². The molecule has 1 atom stereocenters. The molecule has 2 aromatic rings.